The van der Waals surface area contributed by atoms with Crippen LogP contribution in [0.4, 0.5) is 0 Å². The van der Waals surface area contributed by atoms with E-state index in [1.807, 2.05) is 0 Å². The number of hydrogen-bond acceptors (Lipinski definition) is 1. The highest BCUT2D eigenvalue weighted by Gasteiger charge is 2.22. The van der Waals surface area contributed by atoms with Gasteiger partial charge < -0.3 is 10.6 Å². The first-order chi connectivity index (χ1) is 9.49. The van der Waals surface area contributed by atoms with Gasteiger partial charge in [0.2, 0.25) is 0 Å². The smallest absolute Gasteiger partial charge is 0.191 e. The van der Waals surface area contributed by atoms with Gasteiger partial charge in [0.1, 0.15) is 0 Å². The molecule has 1 aliphatic rings. The van der Waals surface area contributed by atoms with E-state index in [4.69, 9.17) is 0 Å². The molecule has 0 bridgehead atoms. The molecule has 0 saturated heterocycles. The maximum absolute atomic E-state index is 4.65. The SMILES string of the molecule is CCNC(=NCc1ccc(C(C)(C)C)cc1)NC1CC1. The van der Waals surface area contributed by atoms with Gasteiger partial charge >= 0.3 is 0 Å². The van der Waals surface area contributed by atoms with E-state index in [2.05, 4.69) is 67.6 Å². The minimum Gasteiger partial charge on any atom is -0.357 e. The monoisotopic (exact) mass is 273 g/mol. The highest BCUT2D eigenvalue weighted by atomic mass is 15.2. The average molecular weight is 273 g/mol. The van der Waals surface area contributed by atoms with Crippen LogP contribution in [0.1, 0.15) is 51.7 Å². The van der Waals surface area contributed by atoms with Gasteiger partial charge in [-0.05, 0) is 36.3 Å². The third-order valence-corrected chi connectivity index (χ3v) is 3.50. The third-order valence-electron chi connectivity index (χ3n) is 3.50. The first-order valence-electron chi connectivity index (χ1n) is 7.63. The number of nitrogens with one attached hydrogen (secondary N) is 2. The van der Waals surface area contributed by atoms with Crippen molar-refractivity contribution in [3.8, 4) is 0 Å². The van der Waals surface area contributed by atoms with Gasteiger partial charge in [-0.2, -0.15) is 0 Å². The molecular weight excluding hydrogens is 246 g/mol. The van der Waals surface area contributed by atoms with Gasteiger partial charge in [-0.1, -0.05) is 45.0 Å². The number of nitrogens with zero attached hydrogens (tertiary/aromatic N) is 1. The van der Waals surface area contributed by atoms with Crippen molar-refractivity contribution in [3.63, 3.8) is 0 Å². The first kappa shape index (κ1) is 14.9. The second kappa shape index (κ2) is 6.29. The molecule has 110 valence electrons. The van der Waals surface area contributed by atoms with E-state index in [1.165, 1.54) is 24.0 Å². The Kier molecular flexibility index (Phi) is 4.69. The van der Waals surface area contributed by atoms with E-state index in [0.29, 0.717) is 6.04 Å². The standard InChI is InChI=1S/C17H27N3/c1-5-18-16(20-15-10-11-15)19-12-13-6-8-14(9-7-13)17(2,3)4/h6-9,15H,5,10-12H2,1-4H3,(H2,18,19,20). The fourth-order valence-corrected chi connectivity index (χ4v) is 2.02. The summed E-state index contributed by atoms with van der Waals surface area (Å²) < 4.78 is 0. The zero-order valence-electron chi connectivity index (χ0n) is 13.2. The maximum Gasteiger partial charge on any atom is 0.191 e. The number of benzene rings is 1. The van der Waals surface area contributed by atoms with Gasteiger partial charge in [0.05, 0.1) is 6.54 Å². The molecule has 1 aromatic carbocycles. The molecule has 2 rings (SSSR count). The van der Waals surface area contributed by atoms with E-state index in [-0.39, 0.29) is 5.41 Å². The zero-order valence-corrected chi connectivity index (χ0v) is 13.2. The normalized spacial score (nSPS) is 16.1. The summed E-state index contributed by atoms with van der Waals surface area (Å²) in [6.07, 6.45) is 2.54. The quantitative estimate of drug-likeness (QED) is 0.653. The molecule has 0 radical (unpaired) electrons. The Morgan fingerprint density at radius 1 is 1.20 bits per heavy atom. The predicted octanol–water partition coefficient (Wildman–Crippen LogP) is 3.20. The Balaban J connectivity index is 1.97. The molecule has 0 atom stereocenters. The van der Waals surface area contributed by atoms with Crippen LogP contribution >= 0.6 is 0 Å². The minimum absolute atomic E-state index is 0.213. The van der Waals surface area contributed by atoms with Gasteiger partial charge in [-0.25, -0.2) is 4.99 Å². The largest absolute Gasteiger partial charge is 0.357 e. The highest BCUT2D eigenvalue weighted by molar-refractivity contribution is 5.80. The van der Waals surface area contributed by atoms with Gasteiger partial charge in [-0.15, -0.1) is 0 Å². The number of guanidine groups is 1. The Morgan fingerprint density at radius 3 is 2.35 bits per heavy atom. The average Bonchev–Trinajstić information content (AvgIpc) is 3.20. The molecule has 0 amide bonds. The van der Waals surface area contributed by atoms with Crippen molar-refractivity contribution in [1.82, 2.24) is 10.6 Å². The molecule has 20 heavy (non-hydrogen) atoms. The van der Waals surface area contributed by atoms with Crippen molar-refractivity contribution in [3.05, 3.63) is 35.4 Å². The Labute approximate surface area is 122 Å². The summed E-state index contributed by atoms with van der Waals surface area (Å²) in [6, 6.07) is 9.43. The molecule has 2 N–H and O–H groups in total. The zero-order chi connectivity index (χ0) is 14.6. The van der Waals surface area contributed by atoms with E-state index >= 15 is 0 Å². The molecule has 0 aromatic heterocycles. The van der Waals surface area contributed by atoms with Crippen LogP contribution in [0.5, 0.6) is 0 Å². The van der Waals surface area contributed by atoms with Crippen LogP contribution in [0.15, 0.2) is 29.3 Å². The van der Waals surface area contributed by atoms with E-state index < -0.39 is 0 Å². The van der Waals surface area contributed by atoms with Crippen LogP contribution in [-0.2, 0) is 12.0 Å². The number of rotatable bonds is 4. The van der Waals surface area contributed by atoms with E-state index in [1.54, 1.807) is 0 Å². The molecule has 3 nitrogen and oxygen atoms in total. The van der Waals surface area contributed by atoms with Crippen LogP contribution < -0.4 is 10.6 Å². The van der Waals surface area contributed by atoms with Gasteiger partial charge in [-0.3, -0.25) is 0 Å². The van der Waals surface area contributed by atoms with Crippen molar-refractivity contribution in [2.24, 2.45) is 4.99 Å². The summed E-state index contributed by atoms with van der Waals surface area (Å²) in [4.78, 5) is 4.65. The maximum atomic E-state index is 4.65. The molecular formula is C17H27N3. The van der Waals surface area contributed by atoms with Crippen molar-refractivity contribution >= 4 is 5.96 Å². The lowest BCUT2D eigenvalue weighted by atomic mass is 9.87. The molecule has 0 heterocycles. The Morgan fingerprint density at radius 2 is 1.85 bits per heavy atom. The minimum atomic E-state index is 0.213. The topological polar surface area (TPSA) is 36.4 Å². The van der Waals surface area contributed by atoms with Crippen LogP contribution in [0, 0.1) is 0 Å². The molecule has 0 unspecified atom stereocenters. The summed E-state index contributed by atoms with van der Waals surface area (Å²) in [5.41, 5.74) is 2.84. The van der Waals surface area contributed by atoms with Gasteiger partial charge in [0.15, 0.2) is 5.96 Å². The molecule has 1 aliphatic carbocycles. The fraction of sp³-hybridized carbons (Fsp3) is 0.588. The molecule has 0 aliphatic heterocycles. The lowest BCUT2D eigenvalue weighted by molar-refractivity contribution is 0.590. The summed E-state index contributed by atoms with van der Waals surface area (Å²) >= 11 is 0. The lowest BCUT2D eigenvalue weighted by Gasteiger charge is -2.19. The molecule has 3 heteroatoms. The predicted molar refractivity (Wildman–Crippen MR) is 86.1 cm³/mol. The first-order valence-corrected chi connectivity index (χ1v) is 7.63. The van der Waals surface area contributed by atoms with Crippen LogP contribution in [0.2, 0.25) is 0 Å². The van der Waals surface area contributed by atoms with Crippen LogP contribution in [0.25, 0.3) is 0 Å². The Hall–Kier alpha value is -1.51. The van der Waals surface area contributed by atoms with Gasteiger partial charge in [0, 0.05) is 12.6 Å². The lowest BCUT2D eigenvalue weighted by Crippen LogP contribution is -2.38. The molecule has 1 fully saturated rings. The second-order valence-corrected chi connectivity index (χ2v) is 6.56. The summed E-state index contributed by atoms with van der Waals surface area (Å²) in [6.45, 7) is 10.4. The summed E-state index contributed by atoms with van der Waals surface area (Å²) in [5.74, 6) is 0.940. The van der Waals surface area contributed by atoms with Crippen LogP contribution in [0.3, 0.4) is 0 Å². The summed E-state index contributed by atoms with van der Waals surface area (Å²) in [5, 5.41) is 6.74. The molecule has 1 aromatic rings. The van der Waals surface area contributed by atoms with Crippen molar-refractivity contribution < 1.29 is 0 Å². The highest BCUT2D eigenvalue weighted by Crippen LogP contribution is 2.22. The molecule has 0 spiro atoms. The van der Waals surface area contributed by atoms with E-state index in [9.17, 15) is 0 Å². The third kappa shape index (κ3) is 4.55. The number of aliphatic imine (C=N–C) groups is 1. The van der Waals surface area contributed by atoms with E-state index in [0.717, 1.165) is 19.0 Å². The van der Waals surface area contributed by atoms with Crippen LogP contribution in [-0.4, -0.2) is 18.5 Å². The molecule has 1 saturated carbocycles. The second-order valence-electron chi connectivity index (χ2n) is 6.56. The summed E-state index contributed by atoms with van der Waals surface area (Å²) in [7, 11) is 0. The van der Waals surface area contributed by atoms with Crippen molar-refractivity contribution in [1.29, 1.82) is 0 Å². The fourth-order valence-electron chi connectivity index (χ4n) is 2.02. The van der Waals surface area contributed by atoms with Gasteiger partial charge in [0.25, 0.3) is 0 Å². The van der Waals surface area contributed by atoms with Crippen molar-refractivity contribution in [2.75, 3.05) is 6.54 Å². The number of hydrogen-bond donors (Lipinski definition) is 2. The van der Waals surface area contributed by atoms with Crippen molar-refractivity contribution in [2.45, 2.75) is 58.5 Å². The Bertz CT molecular complexity index is 450.